The molecule has 9 N–H and O–H groups in total. The van der Waals surface area contributed by atoms with Gasteiger partial charge >= 0.3 is 5.97 Å². The van der Waals surface area contributed by atoms with Crippen LogP contribution in [0.2, 0.25) is 0 Å². The van der Waals surface area contributed by atoms with Gasteiger partial charge in [0, 0.05) is 23.8 Å². The third kappa shape index (κ3) is 5.97. The molecule has 40 heavy (non-hydrogen) atoms. The van der Waals surface area contributed by atoms with E-state index in [2.05, 4.69) is 0 Å². The highest BCUT2D eigenvalue weighted by molar-refractivity contribution is 5.95. The Hall–Kier alpha value is -4.69. The van der Waals surface area contributed by atoms with E-state index in [4.69, 9.17) is 14.2 Å². The lowest BCUT2D eigenvalue weighted by atomic mass is 9.99. The fraction of sp³-hybridized carbons (Fsp3) is 0.222. The lowest BCUT2D eigenvalue weighted by Crippen LogP contribution is -2.61. The minimum atomic E-state index is -1.92. The summed E-state index contributed by atoms with van der Waals surface area (Å²) in [5, 5.41) is 90.3. The second-order valence-corrected chi connectivity index (χ2v) is 8.86. The standard InChI is InChI=1S/C27H26O13/c28-11-20-22(35)23(36)25(39-26(37)21-17(32)8-16(31)9-18(21)33)27(38-20)40-24-13(7-15(30)10-19(24)34)4-1-12-2-5-14(29)6-3-12/h1-10,20,22-23,25,27-36H,11H2/t20-,22-,23+,25-,27+/m1/s1. The second-order valence-electron chi connectivity index (χ2n) is 8.86. The van der Waals surface area contributed by atoms with E-state index >= 15 is 0 Å². The Morgan fingerprint density at radius 1 is 0.800 bits per heavy atom. The zero-order valence-corrected chi connectivity index (χ0v) is 20.5. The van der Waals surface area contributed by atoms with Gasteiger partial charge in [-0.05, 0) is 23.8 Å². The van der Waals surface area contributed by atoms with E-state index in [9.17, 15) is 50.8 Å². The van der Waals surface area contributed by atoms with Crippen LogP contribution in [0.4, 0.5) is 0 Å². The third-order valence-electron chi connectivity index (χ3n) is 6.02. The zero-order chi connectivity index (χ0) is 29.1. The maximum atomic E-state index is 12.8. The van der Waals surface area contributed by atoms with Crippen molar-refractivity contribution in [3.63, 3.8) is 0 Å². The number of carbonyl (C=O) groups excluding carboxylic acids is 1. The Bertz CT molecular complexity index is 1380. The molecule has 0 aromatic heterocycles. The minimum absolute atomic E-state index is 0.0410. The molecule has 0 amide bonds. The summed E-state index contributed by atoms with van der Waals surface area (Å²) in [6.45, 7) is -0.784. The summed E-state index contributed by atoms with van der Waals surface area (Å²) in [7, 11) is 0. The summed E-state index contributed by atoms with van der Waals surface area (Å²) in [4.78, 5) is 12.8. The van der Waals surface area contributed by atoms with Crippen molar-refractivity contribution < 1.29 is 65.0 Å². The van der Waals surface area contributed by atoms with E-state index in [1.54, 1.807) is 18.2 Å². The Kier molecular flexibility index (Phi) is 8.21. The number of benzene rings is 3. The van der Waals surface area contributed by atoms with Gasteiger partial charge < -0.3 is 60.2 Å². The second kappa shape index (κ2) is 11.6. The van der Waals surface area contributed by atoms with Crippen LogP contribution in [0, 0.1) is 0 Å². The predicted molar refractivity (Wildman–Crippen MR) is 136 cm³/mol. The molecule has 13 heteroatoms. The summed E-state index contributed by atoms with van der Waals surface area (Å²) in [5.74, 6) is -4.85. The molecule has 0 radical (unpaired) electrons. The number of esters is 1. The highest BCUT2D eigenvalue weighted by Crippen LogP contribution is 2.39. The van der Waals surface area contributed by atoms with Crippen molar-refractivity contribution in [1.29, 1.82) is 0 Å². The van der Waals surface area contributed by atoms with Crippen LogP contribution in [-0.2, 0) is 9.47 Å². The summed E-state index contributed by atoms with van der Waals surface area (Å²) in [6, 6.07) is 9.74. The van der Waals surface area contributed by atoms with E-state index in [-0.39, 0.29) is 22.8 Å². The van der Waals surface area contributed by atoms with Gasteiger partial charge in [-0.15, -0.1) is 0 Å². The number of phenolic OH excluding ortho intramolecular Hbond substituents is 6. The maximum absolute atomic E-state index is 12.8. The van der Waals surface area contributed by atoms with Crippen molar-refractivity contribution in [1.82, 2.24) is 0 Å². The number of carbonyl (C=O) groups is 1. The van der Waals surface area contributed by atoms with Gasteiger partial charge in [0.15, 0.2) is 17.6 Å². The van der Waals surface area contributed by atoms with Gasteiger partial charge in [-0.1, -0.05) is 24.3 Å². The molecule has 13 nitrogen and oxygen atoms in total. The van der Waals surface area contributed by atoms with Gasteiger partial charge in [0.2, 0.25) is 6.29 Å². The van der Waals surface area contributed by atoms with Crippen LogP contribution in [0.15, 0.2) is 48.5 Å². The number of ether oxygens (including phenoxy) is 3. The van der Waals surface area contributed by atoms with Gasteiger partial charge in [-0.3, -0.25) is 0 Å². The zero-order valence-electron chi connectivity index (χ0n) is 20.5. The molecule has 5 atom stereocenters. The normalized spacial score (nSPS) is 22.7. The van der Waals surface area contributed by atoms with Crippen molar-refractivity contribution in [3.8, 4) is 40.2 Å². The summed E-state index contributed by atoms with van der Waals surface area (Å²) < 4.78 is 16.5. The number of hydrogen-bond acceptors (Lipinski definition) is 13. The van der Waals surface area contributed by atoms with E-state index < -0.39 is 71.8 Å². The Morgan fingerprint density at radius 2 is 1.40 bits per heavy atom. The number of rotatable bonds is 7. The summed E-state index contributed by atoms with van der Waals surface area (Å²) in [5.41, 5.74) is -0.0542. The van der Waals surface area contributed by atoms with Crippen LogP contribution in [0.5, 0.6) is 40.2 Å². The Labute approximate surface area is 226 Å². The van der Waals surface area contributed by atoms with Crippen LogP contribution in [-0.4, -0.2) is 89.2 Å². The molecular weight excluding hydrogens is 532 g/mol. The highest BCUT2D eigenvalue weighted by atomic mass is 16.7. The van der Waals surface area contributed by atoms with E-state index in [0.717, 1.165) is 18.2 Å². The van der Waals surface area contributed by atoms with Crippen LogP contribution in [0.3, 0.4) is 0 Å². The monoisotopic (exact) mass is 558 g/mol. The molecule has 0 unspecified atom stereocenters. The van der Waals surface area contributed by atoms with E-state index in [0.29, 0.717) is 5.56 Å². The number of hydrogen-bond donors (Lipinski definition) is 9. The molecule has 1 heterocycles. The van der Waals surface area contributed by atoms with Gasteiger partial charge in [0.1, 0.15) is 52.6 Å². The maximum Gasteiger partial charge on any atom is 0.346 e. The van der Waals surface area contributed by atoms with Crippen molar-refractivity contribution in [2.75, 3.05) is 6.61 Å². The lowest BCUT2D eigenvalue weighted by molar-refractivity contribution is -0.277. The molecule has 0 saturated carbocycles. The quantitative estimate of drug-likeness (QED) is 0.147. The number of phenols is 6. The van der Waals surface area contributed by atoms with Gasteiger partial charge in [-0.2, -0.15) is 0 Å². The molecule has 212 valence electrons. The van der Waals surface area contributed by atoms with Gasteiger partial charge in [-0.25, -0.2) is 4.79 Å². The average molecular weight is 558 g/mol. The molecule has 3 aromatic carbocycles. The van der Waals surface area contributed by atoms with Crippen LogP contribution < -0.4 is 4.74 Å². The molecule has 1 fully saturated rings. The molecule has 0 bridgehead atoms. The van der Waals surface area contributed by atoms with Gasteiger partial charge in [0.25, 0.3) is 0 Å². The number of aromatic hydroxyl groups is 6. The minimum Gasteiger partial charge on any atom is -0.508 e. The van der Waals surface area contributed by atoms with Crippen LogP contribution >= 0.6 is 0 Å². The molecule has 0 aliphatic carbocycles. The molecule has 4 rings (SSSR count). The van der Waals surface area contributed by atoms with Crippen molar-refractivity contribution in [3.05, 3.63) is 65.2 Å². The fourth-order valence-electron chi connectivity index (χ4n) is 4.03. The van der Waals surface area contributed by atoms with Crippen molar-refractivity contribution >= 4 is 18.1 Å². The van der Waals surface area contributed by atoms with E-state index in [1.807, 2.05) is 0 Å². The molecule has 1 aliphatic rings. The van der Waals surface area contributed by atoms with E-state index in [1.165, 1.54) is 24.3 Å². The molecule has 1 saturated heterocycles. The van der Waals surface area contributed by atoms with Crippen molar-refractivity contribution in [2.45, 2.75) is 30.7 Å². The number of aliphatic hydroxyl groups excluding tert-OH is 3. The lowest BCUT2D eigenvalue weighted by Gasteiger charge is -2.41. The van der Waals surface area contributed by atoms with Crippen molar-refractivity contribution in [2.24, 2.45) is 0 Å². The van der Waals surface area contributed by atoms with Gasteiger partial charge in [0.05, 0.1) is 6.61 Å². The highest BCUT2D eigenvalue weighted by Gasteiger charge is 2.48. The average Bonchev–Trinajstić information content (AvgIpc) is 2.88. The topological polar surface area (TPSA) is 227 Å². The summed E-state index contributed by atoms with van der Waals surface area (Å²) >= 11 is 0. The molecule has 0 spiro atoms. The summed E-state index contributed by atoms with van der Waals surface area (Å²) in [6.07, 6.45) is -5.74. The first-order chi connectivity index (χ1) is 19.0. The first kappa shape index (κ1) is 28.3. The number of aliphatic hydroxyl groups is 3. The third-order valence-corrected chi connectivity index (χ3v) is 6.02. The molecule has 3 aromatic rings. The fourth-order valence-corrected chi connectivity index (χ4v) is 4.03. The van der Waals surface area contributed by atoms with Crippen LogP contribution in [0.1, 0.15) is 21.5 Å². The SMILES string of the molecule is O=C(O[C@H]1[C@H](Oc2c(O)cc(O)cc2C=Cc2ccc(O)cc2)O[C@H](CO)[C@@H](O)[C@@H]1O)c1c(O)cc(O)cc1O. The Balaban J connectivity index is 1.68. The van der Waals surface area contributed by atoms with Crippen LogP contribution in [0.25, 0.3) is 12.2 Å². The first-order valence-electron chi connectivity index (χ1n) is 11.8. The molecule has 1 aliphatic heterocycles. The molecular formula is C27H26O13. The largest absolute Gasteiger partial charge is 0.508 e. The smallest absolute Gasteiger partial charge is 0.346 e. The first-order valence-corrected chi connectivity index (χ1v) is 11.8. The predicted octanol–water partition coefficient (Wildman–Crippen LogP) is 1.13. The Morgan fingerprint density at radius 3 is 2.02 bits per heavy atom.